The van der Waals surface area contributed by atoms with Crippen LogP contribution in [0.4, 0.5) is 0 Å². The fourth-order valence-electron chi connectivity index (χ4n) is 4.30. The lowest BCUT2D eigenvalue weighted by molar-refractivity contribution is 0.156. The van der Waals surface area contributed by atoms with E-state index in [4.69, 9.17) is 14.6 Å². The summed E-state index contributed by atoms with van der Waals surface area (Å²) in [5.74, 6) is 3.07. The molecular weight excluding hydrogens is 192 g/mol. The van der Waals surface area contributed by atoms with E-state index in [1.165, 1.54) is 12.8 Å². The van der Waals surface area contributed by atoms with Gasteiger partial charge in [-0.2, -0.15) is 0 Å². The van der Waals surface area contributed by atoms with Crippen LogP contribution in [0.1, 0.15) is 19.3 Å². The molecule has 0 spiro atoms. The zero-order chi connectivity index (χ0) is 9.99. The fraction of sp³-hybridized carbons (Fsp3) is 1.00. The van der Waals surface area contributed by atoms with Gasteiger partial charge in [0.05, 0.1) is 24.9 Å². The van der Waals surface area contributed by atoms with E-state index in [0.717, 1.165) is 36.7 Å². The van der Waals surface area contributed by atoms with Crippen molar-refractivity contribution in [1.29, 1.82) is 0 Å². The third kappa shape index (κ3) is 1.23. The third-order valence-corrected chi connectivity index (χ3v) is 5.01. The molecule has 2 aliphatic carbocycles. The molecule has 4 aliphatic rings. The molecule has 7 unspecified atom stereocenters. The molecule has 2 saturated heterocycles. The van der Waals surface area contributed by atoms with Crippen LogP contribution >= 0.6 is 0 Å². The molecule has 0 aromatic rings. The van der Waals surface area contributed by atoms with Crippen molar-refractivity contribution >= 4 is 0 Å². The number of ether oxygens (including phenoxy) is 2. The summed E-state index contributed by atoms with van der Waals surface area (Å²) in [6.07, 6.45) is 5.18. The summed E-state index contributed by atoms with van der Waals surface area (Å²) < 4.78 is 11.2. The van der Waals surface area contributed by atoms with Gasteiger partial charge in [0.2, 0.25) is 0 Å². The fourth-order valence-corrected chi connectivity index (χ4v) is 4.30. The van der Waals surface area contributed by atoms with E-state index in [9.17, 15) is 0 Å². The first-order valence-corrected chi connectivity index (χ1v) is 6.26. The maximum atomic E-state index is 9.10. The monoisotopic (exact) mass is 210 g/mol. The Balaban J connectivity index is 1.56. The predicted molar refractivity (Wildman–Crippen MR) is 53.3 cm³/mol. The summed E-state index contributed by atoms with van der Waals surface area (Å²) >= 11 is 0. The summed E-state index contributed by atoms with van der Waals surface area (Å²) in [6, 6.07) is 0. The van der Waals surface area contributed by atoms with Crippen molar-refractivity contribution in [3.05, 3.63) is 0 Å². The smallest absolute Gasteiger partial charge is 0.0876 e. The lowest BCUT2D eigenvalue weighted by Gasteiger charge is -2.20. The van der Waals surface area contributed by atoms with E-state index in [0.29, 0.717) is 24.9 Å². The molecule has 7 atom stereocenters. The van der Waals surface area contributed by atoms with Gasteiger partial charge in [0.15, 0.2) is 0 Å². The maximum absolute atomic E-state index is 9.10. The molecule has 2 aliphatic heterocycles. The van der Waals surface area contributed by atoms with Gasteiger partial charge < -0.3 is 14.6 Å². The van der Waals surface area contributed by atoms with Crippen LogP contribution < -0.4 is 0 Å². The number of hydrogen-bond donors (Lipinski definition) is 1. The molecule has 0 bridgehead atoms. The van der Waals surface area contributed by atoms with E-state index in [-0.39, 0.29) is 0 Å². The summed E-state index contributed by atoms with van der Waals surface area (Å²) in [7, 11) is 0. The molecule has 3 nitrogen and oxygen atoms in total. The van der Waals surface area contributed by atoms with E-state index in [2.05, 4.69) is 0 Å². The quantitative estimate of drug-likeness (QED) is 0.701. The predicted octanol–water partition coefficient (Wildman–Crippen LogP) is 0.807. The molecule has 1 N–H and O–H groups in total. The van der Waals surface area contributed by atoms with Crippen molar-refractivity contribution in [2.45, 2.75) is 37.6 Å². The second-order valence-corrected chi connectivity index (χ2v) is 5.66. The Hall–Kier alpha value is -0.120. The first-order valence-electron chi connectivity index (χ1n) is 6.26. The van der Waals surface area contributed by atoms with E-state index in [1.807, 2.05) is 0 Å². The largest absolute Gasteiger partial charge is 0.396 e. The Morgan fingerprint density at radius 1 is 1.13 bits per heavy atom. The standard InChI is InChI=1S/C12H18O3/c13-2-1-6-3-8(10-5-14-10)11-7(6)4-9-12(11)15-9/h6-13H,1-5H2. The number of aliphatic hydroxyl groups is 1. The van der Waals surface area contributed by atoms with Gasteiger partial charge in [-0.25, -0.2) is 0 Å². The third-order valence-electron chi connectivity index (χ3n) is 5.01. The van der Waals surface area contributed by atoms with Crippen LogP contribution in [0.5, 0.6) is 0 Å². The van der Waals surface area contributed by atoms with Crippen LogP contribution in [-0.2, 0) is 9.47 Å². The molecule has 0 radical (unpaired) electrons. The van der Waals surface area contributed by atoms with E-state index in [1.54, 1.807) is 0 Å². The highest BCUT2D eigenvalue weighted by molar-refractivity contribution is 5.12. The van der Waals surface area contributed by atoms with Crippen molar-refractivity contribution in [2.24, 2.45) is 23.7 Å². The first kappa shape index (κ1) is 8.97. The van der Waals surface area contributed by atoms with Crippen LogP contribution in [0.2, 0.25) is 0 Å². The SMILES string of the molecule is OCCC1CC(C2CO2)C2C1CC1OC12. The number of aliphatic hydroxyl groups excluding tert-OH is 1. The Morgan fingerprint density at radius 2 is 2.00 bits per heavy atom. The van der Waals surface area contributed by atoms with Crippen LogP contribution in [0, 0.1) is 23.7 Å². The van der Waals surface area contributed by atoms with Crippen LogP contribution in [0.25, 0.3) is 0 Å². The van der Waals surface area contributed by atoms with Crippen molar-refractivity contribution < 1.29 is 14.6 Å². The number of rotatable bonds is 3. The molecule has 0 aromatic carbocycles. The van der Waals surface area contributed by atoms with Crippen molar-refractivity contribution in [3.8, 4) is 0 Å². The Bertz CT molecular complexity index is 276. The van der Waals surface area contributed by atoms with Crippen LogP contribution in [0.15, 0.2) is 0 Å². The van der Waals surface area contributed by atoms with Gasteiger partial charge in [0, 0.05) is 6.61 Å². The van der Waals surface area contributed by atoms with Crippen molar-refractivity contribution in [3.63, 3.8) is 0 Å². The summed E-state index contributed by atoms with van der Waals surface area (Å²) in [5, 5.41) is 9.10. The highest BCUT2D eigenvalue weighted by Gasteiger charge is 2.64. The van der Waals surface area contributed by atoms with Gasteiger partial charge in [-0.1, -0.05) is 0 Å². The maximum Gasteiger partial charge on any atom is 0.0876 e. The molecular formula is C12H18O3. The topological polar surface area (TPSA) is 45.3 Å². The molecule has 3 heteroatoms. The van der Waals surface area contributed by atoms with Crippen molar-refractivity contribution in [1.82, 2.24) is 0 Å². The molecule has 2 heterocycles. The van der Waals surface area contributed by atoms with Crippen molar-refractivity contribution in [2.75, 3.05) is 13.2 Å². The number of fused-ring (bicyclic) bond motifs is 3. The molecule has 4 fully saturated rings. The average molecular weight is 210 g/mol. The van der Waals surface area contributed by atoms with Crippen LogP contribution in [-0.4, -0.2) is 36.6 Å². The summed E-state index contributed by atoms with van der Waals surface area (Å²) in [6.45, 7) is 1.32. The minimum Gasteiger partial charge on any atom is -0.396 e. The molecule has 4 rings (SSSR count). The zero-order valence-electron chi connectivity index (χ0n) is 8.84. The molecule has 0 amide bonds. The molecule has 84 valence electrons. The molecule has 2 saturated carbocycles. The van der Waals surface area contributed by atoms with Gasteiger partial charge in [-0.3, -0.25) is 0 Å². The molecule has 0 aromatic heterocycles. The van der Waals surface area contributed by atoms with E-state index < -0.39 is 0 Å². The normalized spacial score (nSPS) is 60.2. The Labute approximate surface area is 89.8 Å². The van der Waals surface area contributed by atoms with E-state index >= 15 is 0 Å². The minimum atomic E-state index is 0.350. The van der Waals surface area contributed by atoms with Crippen LogP contribution in [0.3, 0.4) is 0 Å². The van der Waals surface area contributed by atoms with Gasteiger partial charge in [0.1, 0.15) is 0 Å². The van der Waals surface area contributed by atoms with Gasteiger partial charge in [-0.15, -0.1) is 0 Å². The Morgan fingerprint density at radius 3 is 2.73 bits per heavy atom. The second kappa shape index (κ2) is 2.96. The lowest BCUT2D eigenvalue weighted by atomic mass is 9.87. The minimum absolute atomic E-state index is 0.350. The first-order chi connectivity index (χ1) is 7.38. The van der Waals surface area contributed by atoms with Gasteiger partial charge in [-0.05, 0) is 42.9 Å². The summed E-state index contributed by atoms with van der Waals surface area (Å²) in [4.78, 5) is 0. The lowest BCUT2D eigenvalue weighted by Crippen LogP contribution is -2.21. The number of epoxide rings is 2. The Kier molecular flexibility index (Phi) is 1.77. The highest BCUT2D eigenvalue weighted by atomic mass is 16.6. The van der Waals surface area contributed by atoms with Gasteiger partial charge in [0.25, 0.3) is 0 Å². The summed E-state index contributed by atoms with van der Waals surface area (Å²) in [5.41, 5.74) is 0. The zero-order valence-corrected chi connectivity index (χ0v) is 8.84. The number of hydrogen-bond acceptors (Lipinski definition) is 3. The average Bonchev–Trinajstić information content (AvgIpc) is 3.12. The van der Waals surface area contributed by atoms with Gasteiger partial charge >= 0.3 is 0 Å². The molecule has 15 heavy (non-hydrogen) atoms. The highest BCUT2D eigenvalue weighted by Crippen LogP contribution is 2.61. The second-order valence-electron chi connectivity index (χ2n) is 5.66.